The van der Waals surface area contributed by atoms with Crippen molar-refractivity contribution in [3.63, 3.8) is 0 Å². The van der Waals surface area contributed by atoms with Gasteiger partial charge in [0.05, 0.1) is 16.6 Å². The summed E-state index contributed by atoms with van der Waals surface area (Å²) in [6.07, 6.45) is 2.87. The summed E-state index contributed by atoms with van der Waals surface area (Å²) in [5.41, 5.74) is 0.353. The molecule has 2 heterocycles. The van der Waals surface area contributed by atoms with Crippen molar-refractivity contribution >= 4 is 27.5 Å². The molecule has 1 aliphatic heterocycles. The van der Waals surface area contributed by atoms with Crippen LogP contribution in [-0.4, -0.2) is 18.1 Å². The molecule has 0 aliphatic carbocycles. The molecule has 4 rings (SSSR count). The third-order valence-electron chi connectivity index (χ3n) is 4.54. The van der Waals surface area contributed by atoms with Gasteiger partial charge in [-0.15, -0.1) is 0 Å². The van der Waals surface area contributed by atoms with Gasteiger partial charge in [0.2, 0.25) is 0 Å². The van der Waals surface area contributed by atoms with Gasteiger partial charge in [0, 0.05) is 18.5 Å². The van der Waals surface area contributed by atoms with Crippen molar-refractivity contribution in [2.75, 3.05) is 18.0 Å². The zero-order valence-electron chi connectivity index (χ0n) is 12.8. The molecule has 2 aromatic carbocycles. The monoisotopic (exact) mass is 334 g/mol. The van der Waals surface area contributed by atoms with E-state index in [0.29, 0.717) is 29.7 Å². The molecular formula is C18H14F4N2. The van der Waals surface area contributed by atoms with Crippen LogP contribution in [0.15, 0.2) is 24.3 Å². The number of rotatable bonds is 1. The number of para-hydroxylation sites is 1. The van der Waals surface area contributed by atoms with Crippen LogP contribution in [0.25, 0.3) is 21.8 Å². The fraction of sp³-hybridized carbons (Fsp3) is 0.278. The Hall–Kier alpha value is -2.37. The van der Waals surface area contributed by atoms with Gasteiger partial charge in [-0.1, -0.05) is 18.2 Å². The minimum atomic E-state index is -1.83. The van der Waals surface area contributed by atoms with E-state index in [-0.39, 0.29) is 5.39 Å². The number of hydrogen-bond donors (Lipinski definition) is 0. The van der Waals surface area contributed by atoms with Gasteiger partial charge in [-0.05, 0) is 25.3 Å². The molecule has 3 aromatic rings. The van der Waals surface area contributed by atoms with E-state index < -0.39 is 28.8 Å². The topological polar surface area (TPSA) is 16.1 Å². The molecule has 0 bridgehead atoms. The Labute approximate surface area is 135 Å². The lowest BCUT2D eigenvalue weighted by molar-refractivity contribution is 0.417. The molecule has 6 heteroatoms. The second kappa shape index (κ2) is 5.61. The van der Waals surface area contributed by atoms with E-state index in [0.717, 1.165) is 19.3 Å². The van der Waals surface area contributed by atoms with Crippen LogP contribution in [0.1, 0.15) is 19.3 Å². The van der Waals surface area contributed by atoms with Crippen molar-refractivity contribution in [1.29, 1.82) is 0 Å². The quantitative estimate of drug-likeness (QED) is 0.271. The molecule has 0 saturated carbocycles. The first-order chi connectivity index (χ1) is 11.6. The average molecular weight is 334 g/mol. The second-order valence-corrected chi connectivity index (χ2v) is 6.00. The standard InChI is InChI=1S/C18H14F4N2/c19-13-12-17(16(22)15(21)14(13)20)23-11-7-3-2-6-10(11)18(12)24-8-4-1-5-9-24/h2-3,6-7H,1,4-5,8-9H2. The van der Waals surface area contributed by atoms with Crippen molar-refractivity contribution in [3.05, 3.63) is 47.5 Å². The minimum Gasteiger partial charge on any atom is -0.370 e. The van der Waals surface area contributed by atoms with Crippen LogP contribution in [0.5, 0.6) is 0 Å². The van der Waals surface area contributed by atoms with E-state index in [4.69, 9.17) is 0 Å². The van der Waals surface area contributed by atoms with Crippen LogP contribution in [0, 0.1) is 23.3 Å². The summed E-state index contributed by atoms with van der Waals surface area (Å²) in [5, 5.41) is 0.322. The first-order valence-electron chi connectivity index (χ1n) is 7.89. The Kier molecular flexibility index (Phi) is 3.55. The number of benzene rings is 2. The fourth-order valence-electron chi connectivity index (χ4n) is 3.41. The van der Waals surface area contributed by atoms with Gasteiger partial charge in [0.1, 0.15) is 5.52 Å². The Morgan fingerprint density at radius 3 is 2.21 bits per heavy atom. The summed E-state index contributed by atoms with van der Waals surface area (Å²) in [7, 11) is 0. The zero-order valence-corrected chi connectivity index (χ0v) is 12.8. The molecule has 0 amide bonds. The van der Waals surface area contributed by atoms with Gasteiger partial charge in [0.15, 0.2) is 23.3 Å². The second-order valence-electron chi connectivity index (χ2n) is 6.00. The summed E-state index contributed by atoms with van der Waals surface area (Å²) in [4.78, 5) is 5.96. The van der Waals surface area contributed by atoms with Crippen LogP contribution in [0.2, 0.25) is 0 Å². The third-order valence-corrected chi connectivity index (χ3v) is 4.54. The maximum Gasteiger partial charge on any atom is 0.199 e. The Balaban J connectivity index is 2.18. The van der Waals surface area contributed by atoms with Gasteiger partial charge < -0.3 is 4.90 Å². The van der Waals surface area contributed by atoms with Crippen molar-refractivity contribution in [1.82, 2.24) is 4.98 Å². The fourth-order valence-corrected chi connectivity index (χ4v) is 3.41. The molecule has 1 saturated heterocycles. The van der Waals surface area contributed by atoms with Crippen LogP contribution >= 0.6 is 0 Å². The number of fused-ring (bicyclic) bond motifs is 2. The molecule has 0 spiro atoms. The first-order valence-corrected chi connectivity index (χ1v) is 7.89. The smallest absolute Gasteiger partial charge is 0.199 e. The number of hydrogen-bond acceptors (Lipinski definition) is 2. The molecule has 0 N–H and O–H groups in total. The highest BCUT2D eigenvalue weighted by atomic mass is 19.2. The number of halogens is 4. The number of piperidine rings is 1. The number of pyridine rings is 1. The summed E-state index contributed by atoms with van der Waals surface area (Å²) in [6, 6.07) is 6.87. The van der Waals surface area contributed by atoms with E-state index in [1.165, 1.54) is 0 Å². The summed E-state index contributed by atoms with van der Waals surface area (Å²) < 4.78 is 56.3. The Morgan fingerprint density at radius 1 is 0.792 bits per heavy atom. The van der Waals surface area contributed by atoms with E-state index in [9.17, 15) is 17.6 Å². The molecule has 2 nitrogen and oxygen atoms in total. The molecule has 24 heavy (non-hydrogen) atoms. The SMILES string of the molecule is Fc1c(F)c(F)c2c(N3CCCCC3)c3ccccc3nc2c1F. The van der Waals surface area contributed by atoms with E-state index in [2.05, 4.69) is 4.98 Å². The third kappa shape index (κ3) is 2.12. The van der Waals surface area contributed by atoms with Crippen molar-refractivity contribution in [2.24, 2.45) is 0 Å². The molecule has 0 atom stereocenters. The molecule has 0 unspecified atom stereocenters. The first kappa shape index (κ1) is 15.2. The van der Waals surface area contributed by atoms with Crippen molar-refractivity contribution in [3.8, 4) is 0 Å². The van der Waals surface area contributed by atoms with Crippen molar-refractivity contribution < 1.29 is 17.6 Å². The summed E-state index contributed by atoms with van der Waals surface area (Å²) >= 11 is 0. The maximum absolute atomic E-state index is 14.5. The minimum absolute atomic E-state index is 0.285. The lowest BCUT2D eigenvalue weighted by Gasteiger charge is -2.31. The number of aromatic nitrogens is 1. The van der Waals surface area contributed by atoms with Gasteiger partial charge in [-0.2, -0.15) is 0 Å². The molecule has 1 aliphatic rings. The van der Waals surface area contributed by atoms with E-state index in [1.54, 1.807) is 24.3 Å². The molecule has 0 radical (unpaired) electrons. The predicted octanol–water partition coefficient (Wildman–Crippen LogP) is 4.93. The summed E-state index contributed by atoms with van der Waals surface area (Å²) in [5.74, 6) is -6.46. The number of nitrogens with zero attached hydrogens (tertiary/aromatic N) is 2. The Morgan fingerprint density at radius 2 is 1.46 bits per heavy atom. The highest BCUT2D eigenvalue weighted by molar-refractivity contribution is 6.08. The van der Waals surface area contributed by atoms with Gasteiger partial charge in [-0.3, -0.25) is 0 Å². The molecule has 124 valence electrons. The molecular weight excluding hydrogens is 320 g/mol. The normalized spacial score (nSPS) is 15.4. The Bertz CT molecular complexity index is 949. The van der Waals surface area contributed by atoms with E-state index in [1.807, 2.05) is 4.90 Å². The molecule has 1 aromatic heterocycles. The summed E-state index contributed by atoms with van der Waals surface area (Å²) in [6.45, 7) is 1.31. The van der Waals surface area contributed by atoms with Gasteiger partial charge in [-0.25, -0.2) is 22.5 Å². The van der Waals surface area contributed by atoms with Crippen molar-refractivity contribution in [2.45, 2.75) is 19.3 Å². The van der Waals surface area contributed by atoms with Crippen LogP contribution in [-0.2, 0) is 0 Å². The average Bonchev–Trinajstić information content (AvgIpc) is 2.63. The predicted molar refractivity (Wildman–Crippen MR) is 85.1 cm³/mol. The van der Waals surface area contributed by atoms with Gasteiger partial charge in [0.25, 0.3) is 0 Å². The van der Waals surface area contributed by atoms with E-state index >= 15 is 0 Å². The lowest BCUT2D eigenvalue weighted by atomic mass is 10.0. The largest absolute Gasteiger partial charge is 0.370 e. The zero-order chi connectivity index (χ0) is 16.8. The van der Waals surface area contributed by atoms with Crippen LogP contribution in [0.3, 0.4) is 0 Å². The number of anilines is 1. The lowest BCUT2D eigenvalue weighted by Crippen LogP contribution is -2.30. The van der Waals surface area contributed by atoms with Crippen LogP contribution < -0.4 is 4.90 Å². The van der Waals surface area contributed by atoms with Crippen LogP contribution in [0.4, 0.5) is 23.2 Å². The molecule has 1 fully saturated rings. The maximum atomic E-state index is 14.5. The highest BCUT2D eigenvalue weighted by Crippen LogP contribution is 2.39. The van der Waals surface area contributed by atoms with Gasteiger partial charge >= 0.3 is 0 Å². The highest BCUT2D eigenvalue weighted by Gasteiger charge is 2.27.